The van der Waals surface area contributed by atoms with Crippen LogP contribution in [-0.4, -0.2) is 31.8 Å². The smallest absolute Gasteiger partial charge is 0.277 e. The van der Waals surface area contributed by atoms with Gasteiger partial charge in [-0.15, -0.1) is 10.2 Å². The maximum atomic E-state index is 12.1. The summed E-state index contributed by atoms with van der Waals surface area (Å²) in [6.07, 6.45) is 1.21. The molecular formula is C19H15Cl2N5O2S. The number of hydrogen-bond donors (Lipinski definition) is 2. The van der Waals surface area contributed by atoms with Crippen molar-refractivity contribution in [2.45, 2.75) is 18.1 Å². The molecule has 0 aliphatic rings. The topological polar surface area (TPSA) is 96.7 Å². The Morgan fingerprint density at radius 2 is 1.97 bits per heavy atom. The number of imidazole rings is 1. The number of aromatic nitrogens is 4. The molecule has 0 spiro atoms. The number of halogens is 2. The highest BCUT2D eigenvalue weighted by Gasteiger charge is 2.12. The summed E-state index contributed by atoms with van der Waals surface area (Å²) >= 11 is 13.0. The predicted octanol–water partition coefficient (Wildman–Crippen LogP) is 4.77. The van der Waals surface area contributed by atoms with E-state index < -0.39 is 0 Å². The molecule has 2 N–H and O–H groups in total. The van der Waals surface area contributed by atoms with Crippen molar-refractivity contribution in [3.05, 3.63) is 64.2 Å². The first kappa shape index (κ1) is 19.8. The van der Waals surface area contributed by atoms with Crippen LogP contribution in [0.5, 0.6) is 0 Å². The molecule has 4 rings (SSSR count). The van der Waals surface area contributed by atoms with Crippen molar-refractivity contribution in [1.29, 1.82) is 0 Å². The van der Waals surface area contributed by atoms with Gasteiger partial charge >= 0.3 is 0 Å². The van der Waals surface area contributed by atoms with E-state index in [-0.39, 0.29) is 11.7 Å². The zero-order valence-corrected chi connectivity index (χ0v) is 17.3. The third kappa shape index (κ3) is 5.09. The average Bonchev–Trinajstić information content (AvgIpc) is 3.34. The Hall–Kier alpha value is -2.55. The number of nitrogens with one attached hydrogen (secondary N) is 2. The van der Waals surface area contributed by atoms with Crippen LogP contribution in [0.25, 0.3) is 11.0 Å². The molecule has 1 amide bonds. The maximum absolute atomic E-state index is 12.1. The number of aromatic amines is 1. The number of carbonyl (C=O) groups excluding carboxylic acids is 1. The molecule has 7 nitrogen and oxygen atoms in total. The summed E-state index contributed by atoms with van der Waals surface area (Å²) in [6, 6.07) is 12.7. The Balaban J connectivity index is 1.27. The molecule has 0 unspecified atom stereocenters. The van der Waals surface area contributed by atoms with Crippen LogP contribution in [0.15, 0.2) is 52.1 Å². The molecule has 2 aromatic heterocycles. The molecule has 148 valence electrons. The number of thioether (sulfide) groups is 1. The fourth-order valence-corrected chi connectivity index (χ4v) is 3.52. The van der Waals surface area contributed by atoms with Gasteiger partial charge < -0.3 is 14.7 Å². The van der Waals surface area contributed by atoms with Gasteiger partial charge in [0.15, 0.2) is 0 Å². The number of hydrogen-bond acceptors (Lipinski definition) is 6. The van der Waals surface area contributed by atoms with Crippen molar-refractivity contribution >= 4 is 57.6 Å². The van der Waals surface area contributed by atoms with Gasteiger partial charge in [-0.3, -0.25) is 4.79 Å². The summed E-state index contributed by atoms with van der Waals surface area (Å²) in [4.78, 5) is 19.9. The molecule has 0 radical (unpaired) electrons. The fourth-order valence-electron chi connectivity index (χ4n) is 2.65. The van der Waals surface area contributed by atoms with Gasteiger partial charge in [-0.1, -0.05) is 47.1 Å². The zero-order chi connectivity index (χ0) is 20.2. The second-order valence-corrected chi connectivity index (χ2v) is 7.87. The number of rotatable bonds is 7. The van der Waals surface area contributed by atoms with Crippen LogP contribution in [0, 0.1) is 0 Å². The highest BCUT2D eigenvalue weighted by atomic mass is 35.5. The van der Waals surface area contributed by atoms with E-state index >= 15 is 0 Å². The van der Waals surface area contributed by atoms with Gasteiger partial charge in [0.1, 0.15) is 5.82 Å². The molecule has 10 heteroatoms. The van der Waals surface area contributed by atoms with Gasteiger partial charge in [0.25, 0.3) is 5.22 Å². The van der Waals surface area contributed by atoms with E-state index in [0.717, 1.165) is 16.9 Å². The van der Waals surface area contributed by atoms with E-state index in [4.69, 9.17) is 27.6 Å². The lowest BCUT2D eigenvalue weighted by Crippen LogP contribution is -2.13. The molecule has 0 fully saturated rings. The number of nitrogens with zero attached hydrogens (tertiary/aromatic N) is 3. The summed E-state index contributed by atoms with van der Waals surface area (Å²) < 4.78 is 5.60. The van der Waals surface area contributed by atoms with Crippen LogP contribution in [-0.2, 0) is 17.6 Å². The highest BCUT2D eigenvalue weighted by molar-refractivity contribution is 7.99. The lowest BCUT2D eigenvalue weighted by molar-refractivity contribution is -0.113. The van der Waals surface area contributed by atoms with Gasteiger partial charge in [-0.2, -0.15) is 0 Å². The number of para-hydroxylation sites is 2. The predicted molar refractivity (Wildman–Crippen MR) is 114 cm³/mol. The molecule has 0 aliphatic heterocycles. The number of aryl methyl sites for hydroxylation is 2. The number of benzene rings is 2. The Labute approximate surface area is 180 Å². The van der Waals surface area contributed by atoms with Crippen molar-refractivity contribution < 1.29 is 9.21 Å². The van der Waals surface area contributed by atoms with Crippen molar-refractivity contribution in [2.75, 3.05) is 11.1 Å². The SMILES string of the molecule is O=C(CSc1nnc(CCc2nc3ccccc3[nH]2)o1)Nc1ccc(Cl)c(Cl)c1. The molecule has 0 aliphatic carbocycles. The third-order valence-electron chi connectivity index (χ3n) is 3.99. The second kappa shape index (κ2) is 8.86. The minimum absolute atomic E-state index is 0.130. The van der Waals surface area contributed by atoms with Gasteiger partial charge in [0.05, 0.1) is 26.8 Å². The van der Waals surface area contributed by atoms with Crippen LogP contribution in [0.2, 0.25) is 10.0 Å². The van der Waals surface area contributed by atoms with E-state index in [1.807, 2.05) is 24.3 Å². The van der Waals surface area contributed by atoms with Crippen LogP contribution in [0.4, 0.5) is 5.69 Å². The van der Waals surface area contributed by atoms with Crippen molar-refractivity contribution in [3.63, 3.8) is 0 Å². The minimum atomic E-state index is -0.213. The molecule has 0 saturated heterocycles. The number of fused-ring (bicyclic) bond motifs is 1. The first-order valence-corrected chi connectivity index (χ1v) is 10.4. The normalized spacial score (nSPS) is 11.1. The molecule has 0 saturated carbocycles. The minimum Gasteiger partial charge on any atom is -0.416 e. The first-order chi connectivity index (χ1) is 14.1. The van der Waals surface area contributed by atoms with Crippen LogP contribution < -0.4 is 5.32 Å². The quantitative estimate of drug-likeness (QED) is 0.396. The van der Waals surface area contributed by atoms with Crippen molar-refractivity contribution in [1.82, 2.24) is 20.2 Å². The summed E-state index contributed by atoms with van der Waals surface area (Å²) in [7, 11) is 0. The molecule has 0 atom stereocenters. The number of anilines is 1. The van der Waals surface area contributed by atoms with Crippen molar-refractivity contribution in [3.8, 4) is 0 Å². The second-order valence-electron chi connectivity index (χ2n) is 6.13. The average molecular weight is 448 g/mol. The van der Waals surface area contributed by atoms with Crippen LogP contribution >= 0.6 is 35.0 Å². The molecule has 2 heterocycles. The lowest BCUT2D eigenvalue weighted by Gasteiger charge is -2.05. The van der Waals surface area contributed by atoms with Crippen LogP contribution in [0.1, 0.15) is 11.7 Å². The van der Waals surface area contributed by atoms with Gasteiger partial charge in [0, 0.05) is 18.5 Å². The molecule has 2 aromatic carbocycles. The van der Waals surface area contributed by atoms with E-state index in [1.54, 1.807) is 18.2 Å². The number of amides is 1. The number of carbonyl (C=O) groups is 1. The van der Waals surface area contributed by atoms with Crippen LogP contribution in [0.3, 0.4) is 0 Å². The van der Waals surface area contributed by atoms with E-state index in [1.165, 1.54) is 11.8 Å². The Kier molecular flexibility index (Phi) is 6.03. The summed E-state index contributed by atoms with van der Waals surface area (Å²) in [5.41, 5.74) is 2.50. The fraction of sp³-hybridized carbons (Fsp3) is 0.158. The van der Waals surface area contributed by atoms with E-state index in [0.29, 0.717) is 39.7 Å². The van der Waals surface area contributed by atoms with Gasteiger partial charge in [-0.25, -0.2) is 4.98 Å². The largest absolute Gasteiger partial charge is 0.416 e. The Morgan fingerprint density at radius 3 is 2.79 bits per heavy atom. The summed E-state index contributed by atoms with van der Waals surface area (Å²) in [5, 5.41) is 11.9. The van der Waals surface area contributed by atoms with Gasteiger partial charge in [0.2, 0.25) is 11.8 Å². The molecular weight excluding hydrogens is 433 g/mol. The van der Waals surface area contributed by atoms with Gasteiger partial charge in [-0.05, 0) is 30.3 Å². The molecule has 0 bridgehead atoms. The lowest BCUT2D eigenvalue weighted by atomic mass is 10.3. The maximum Gasteiger partial charge on any atom is 0.277 e. The zero-order valence-electron chi connectivity index (χ0n) is 15.0. The van der Waals surface area contributed by atoms with E-state index in [9.17, 15) is 4.79 Å². The first-order valence-electron chi connectivity index (χ1n) is 8.70. The highest BCUT2D eigenvalue weighted by Crippen LogP contribution is 2.25. The Morgan fingerprint density at radius 1 is 1.10 bits per heavy atom. The Bertz CT molecular complexity index is 1130. The monoisotopic (exact) mass is 447 g/mol. The molecule has 29 heavy (non-hydrogen) atoms. The summed E-state index contributed by atoms with van der Waals surface area (Å²) in [5.74, 6) is 1.28. The summed E-state index contributed by atoms with van der Waals surface area (Å²) in [6.45, 7) is 0. The van der Waals surface area contributed by atoms with Crippen molar-refractivity contribution in [2.24, 2.45) is 0 Å². The number of H-pyrrole nitrogens is 1. The standard InChI is InChI=1S/C19H15Cl2N5O2S/c20-12-6-5-11(9-13(12)21)22-17(27)10-29-19-26-25-18(28-19)8-7-16-23-14-3-1-2-4-15(14)24-16/h1-6,9H,7-8,10H2,(H,22,27)(H,23,24). The van der Waals surface area contributed by atoms with E-state index in [2.05, 4.69) is 25.5 Å². The molecule has 4 aromatic rings. The third-order valence-corrected chi connectivity index (χ3v) is 5.55.